The van der Waals surface area contributed by atoms with Crippen molar-refractivity contribution in [2.45, 2.75) is 13.8 Å². The molecule has 0 saturated carbocycles. The summed E-state index contributed by atoms with van der Waals surface area (Å²) < 4.78 is 24.7. The summed E-state index contributed by atoms with van der Waals surface area (Å²) in [5.74, 6) is 0. The van der Waals surface area contributed by atoms with Crippen molar-refractivity contribution in [1.82, 2.24) is 0 Å². The highest BCUT2D eigenvalue weighted by atomic mass is 14.9. The largest absolute Gasteiger partial charge is 0.212 e. The fourth-order valence-corrected chi connectivity index (χ4v) is 1.72. The summed E-state index contributed by atoms with van der Waals surface area (Å²) in [7, 11) is 1.96. The maximum absolute atomic E-state index is 7.55. The lowest BCUT2D eigenvalue weighted by Crippen LogP contribution is -2.30. The van der Waals surface area contributed by atoms with Crippen molar-refractivity contribution in [3.05, 3.63) is 53.7 Å². The molecule has 0 aliphatic rings. The van der Waals surface area contributed by atoms with Gasteiger partial charge in [0.25, 0.3) is 0 Å². The van der Waals surface area contributed by atoms with Gasteiger partial charge in [-0.25, -0.2) is 4.57 Å². The van der Waals surface area contributed by atoms with Crippen LogP contribution < -0.4 is 4.57 Å². The molecule has 76 valence electrons. The number of hydrogen-bond acceptors (Lipinski definition) is 0. The third-order valence-corrected chi connectivity index (χ3v) is 2.66. The molecule has 2 rings (SSSR count). The van der Waals surface area contributed by atoms with Crippen LogP contribution in [0.15, 0.2) is 42.6 Å². The Hall–Kier alpha value is -1.63. The van der Waals surface area contributed by atoms with Crippen LogP contribution in [0.3, 0.4) is 0 Å². The molecule has 1 heteroatoms. The van der Waals surface area contributed by atoms with Crippen molar-refractivity contribution < 1.29 is 8.68 Å². The average Bonchev–Trinajstić information content (AvgIpc) is 2.29. The van der Waals surface area contributed by atoms with Crippen molar-refractivity contribution in [2.75, 3.05) is 0 Å². The zero-order valence-electron chi connectivity index (χ0n) is 12.0. The van der Waals surface area contributed by atoms with Crippen molar-refractivity contribution in [3.8, 4) is 11.3 Å². The minimum Gasteiger partial charge on any atom is -0.201 e. The van der Waals surface area contributed by atoms with Crippen LogP contribution in [0.2, 0.25) is 0 Å². The number of hydrogen-bond donors (Lipinski definition) is 0. The minimum atomic E-state index is -2.06. The van der Waals surface area contributed by atoms with E-state index in [4.69, 9.17) is 4.11 Å². The first-order chi connectivity index (χ1) is 8.41. The summed E-state index contributed by atoms with van der Waals surface area (Å²) in [6.45, 7) is -0.197. The molecule has 1 aromatic carbocycles. The van der Waals surface area contributed by atoms with E-state index in [1.807, 2.05) is 49.0 Å². The molecule has 0 radical (unpaired) electrons. The fraction of sp³-hybridized carbons (Fsp3) is 0.214. The third kappa shape index (κ3) is 1.78. The first kappa shape index (κ1) is 6.78. The summed E-state index contributed by atoms with van der Waals surface area (Å²) in [6.07, 6.45) is 1.96. The van der Waals surface area contributed by atoms with Gasteiger partial charge in [-0.1, -0.05) is 12.1 Å². The highest BCUT2D eigenvalue weighted by molar-refractivity contribution is 5.62. The monoisotopic (exact) mass is 201 g/mol. The molecule has 0 amide bonds. The highest BCUT2D eigenvalue weighted by Gasteiger charge is 2.11. The van der Waals surface area contributed by atoms with Crippen LogP contribution in [-0.4, -0.2) is 0 Å². The summed E-state index contributed by atoms with van der Waals surface area (Å²) in [4.78, 5) is 0. The number of rotatable bonds is 1. The van der Waals surface area contributed by atoms with E-state index in [0.717, 1.165) is 16.8 Å². The van der Waals surface area contributed by atoms with Gasteiger partial charge in [-0.05, 0) is 37.0 Å². The molecule has 0 unspecified atom stereocenters. The van der Waals surface area contributed by atoms with E-state index in [1.165, 1.54) is 0 Å². The van der Waals surface area contributed by atoms with Gasteiger partial charge < -0.3 is 0 Å². The second-order valence-electron chi connectivity index (χ2n) is 3.67. The van der Waals surface area contributed by atoms with Crippen LogP contribution in [0, 0.1) is 13.8 Å². The van der Waals surface area contributed by atoms with Crippen molar-refractivity contribution in [2.24, 2.45) is 7.05 Å². The molecule has 0 saturated heterocycles. The molecule has 0 aliphatic carbocycles. The summed E-state index contributed by atoms with van der Waals surface area (Å²) in [5.41, 5.74) is 3.22. The molecule has 0 bridgehead atoms. The number of pyridine rings is 1. The molecule has 15 heavy (non-hydrogen) atoms. The Morgan fingerprint density at radius 3 is 2.73 bits per heavy atom. The van der Waals surface area contributed by atoms with Gasteiger partial charge in [0.1, 0.15) is 7.05 Å². The van der Waals surface area contributed by atoms with Gasteiger partial charge in [0, 0.05) is 21.8 Å². The second-order valence-corrected chi connectivity index (χ2v) is 3.67. The predicted molar refractivity (Wildman–Crippen MR) is 62.5 cm³/mol. The van der Waals surface area contributed by atoms with Gasteiger partial charge in [-0.3, -0.25) is 0 Å². The molecular weight excluding hydrogens is 182 g/mol. The Morgan fingerprint density at radius 2 is 2.00 bits per heavy atom. The van der Waals surface area contributed by atoms with Crippen molar-refractivity contribution in [1.29, 1.82) is 0 Å². The van der Waals surface area contributed by atoms with E-state index in [9.17, 15) is 0 Å². The van der Waals surface area contributed by atoms with Crippen LogP contribution in [0.1, 0.15) is 15.2 Å². The smallest absolute Gasteiger partial charge is 0.201 e. The van der Waals surface area contributed by atoms with E-state index < -0.39 is 6.85 Å². The average molecular weight is 201 g/mol. The Balaban J connectivity index is 2.64. The van der Waals surface area contributed by atoms with Crippen LogP contribution in [0.5, 0.6) is 0 Å². The number of nitrogens with zero attached hydrogens (tertiary/aromatic N) is 1. The molecule has 0 fully saturated rings. The van der Waals surface area contributed by atoms with Gasteiger partial charge in [0.15, 0.2) is 6.20 Å². The lowest BCUT2D eigenvalue weighted by atomic mass is 10.0. The van der Waals surface area contributed by atoms with Crippen molar-refractivity contribution >= 4 is 0 Å². The van der Waals surface area contributed by atoms with Gasteiger partial charge in [0.05, 0.1) is 0 Å². The zero-order chi connectivity index (χ0) is 13.3. The fourth-order valence-electron chi connectivity index (χ4n) is 1.72. The van der Waals surface area contributed by atoms with E-state index in [2.05, 4.69) is 0 Å². The van der Waals surface area contributed by atoms with E-state index >= 15 is 0 Å². The normalized spacial score (nSPS) is 14.1. The number of aromatic nitrogens is 1. The Bertz CT molecular complexity index is 573. The molecule has 0 N–H and O–H groups in total. The lowest BCUT2D eigenvalue weighted by Gasteiger charge is -2.06. The third-order valence-electron chi connectivity index (χ3n) is 2.66. The van der Waals surface area contributed by atoms with Crippen LogP contribution >= 0.6 is 0 Å². The van der Waals surface area contributed by atoms with Gasteiger partial charge in [-0.15, -0.1) is 0 Å². The highest BCUT2D eigenvalue weighted by Crippen LogP contribution is 2.21. The second kappa shape index (κ2) is 3.85. The summed E-state index contributed by atoms with van der Waals surface area (Å²) in [6, 6.07) is 11.3. The quantitative estimate of drug-likeness (QED) is 0.625. The number of benzene rings is 1. The SMILES string of the molecule is [2H]C([2H])([2H])c1cccc(-c2cccc[n+]2C)c1C. The Morgan fingerprint density at radius 1 is 1.13 bits per heavy atom. The van der Waals surface area contributed by atoms with Crippen LogP contribution in [0.4, 0.5) is 0 Å². The molecule has 1 heterocycles. The molecule has 0 atom stereocenters. The molecule has 0 spiro atoms. The summed E-state index contributed by atoms with van der Waals surface area (Å²) >= 11 is 0. The van der Waals surface area contributed by atoms with E-state index in [-0.39, 0.29) is 0 Å². The molecular formula is C14H16N+. The standard InChI is InChI=1S/C14H16N/c1-11-7-6-8-13(12(11)2)14-9-4-5-10-15(14)3/h4-10H,1-3H3/q+1/i1D3. The molecule has 1 aromatic heterocycles. The minimum absolute atomic E-state index is 0.420. The van der Waals surface area contributed by atoms with Crippen LogP contribution in [-0.2, 0) is 7.05 Å². The van der Waals surface area contributed by atoms with Crippen molar-refractivity contribution in [3.63, 3.8) is 0 Å². The maximum atomic E-state index is 7.55. The Kier molecular flexibility index (Phi) is 1.74. The lowest BCUT2D eigenvalue weighted by molar-refractivity contribution is -0.660. The first-order valence-corrected chi connectivity index (χ1v) is 4.96. The van der Waals surface area contributed by atoms with E-state index in [0.29, 0.717) is 5.56 Å². The predicted octanol–water partition coefficient (Wildman–Crippen LogP) is 2.79. The molecule has 0 aliphatic heterocycles. The van der Waals surface area contributed by atoms with Gasteiger partial charge in [-0.2, -0.15) is 0 Å². The maximum Gasteiger partial charge on any atom is 0.212 e. The van der Waals surface area contributed by atoms with E-state index in [1.54, 1.807) is 12.1 Å². The topological polar surface area (TPSA) is 3.88 Å². The number of aryl methyl sites for hydroxylation is 2. The van der Waals surface area contributed by atoms with Gasteiger partial charge >= 0.3 is 0 Å². The van der Waals surface area contributed by atoms with Gasteiger partial charge in [0.2, 0.25) is 5.69 Å². The molecule has 2 aromatic rings. The Labute approximate surface area is 95.2 Å². The first-order valence-electron chi connectivity index (χ1n) is 6.46. The molecule has 1 nitrogen and oxygen atoms in total. The zero-order valence-corrected chi connectivity index (χ0v) is 8.99. The summed E-state index contributed by atoms with van der Waals surface area (Å²) in [5, 5.41) is 0. The van der Waals surface area contributed by atoms with Crippen LogP contribution in [0.25, 0.3) is 11.3 Å².